The van der Waals surface area contributed by atoms with E-state index in [9.17, 15) is 9.59 Å². The lowest BCUT2D eigenvalue weighted by Crippen LogP contribution is -2.38. The van der Waals surface area contributed by atoms with Crippen molar-refractivity contribution in [1.29, 1.82) is 0 Å². The molecule has 9 heteroatoms. The zero-order valence-electron chi connectivity index (χ0n) is 15.6. The first-order valence-electron chi connectivity index (χ1n) is 9.21. The number of hydrogen-bond acceptors (Lipinski definition) is 5. The highest BCUT2D eigenvalue weighted by Gasteiger charge is 2.27. The number of rotatable bonds is 4. The number of carbonyl (C=O) groups is 3. The van der Waals surface area contributed by atoms with Crippen LogP contribution in [-0.2, 0) is 38.4 Å². The number of fused-ring (bicyclic) bond motifs is 1. The number of ether oxygens (including phenoxy) is 1. The number of aryl methyl sites for hydroxylation is 2. The summed E-state index contributed by atoms with van der Waals surface area (Å²) < 4.78 is 5.28. The number of nitrogens with zero attached hydrogens (tertiary/aromatic N) is 2. The van der Waals surface area contributed by atoms with Crippen LogP contribution in [0.3, 0.4) is 0 Å². The molecule has 3 N–H and O–H groups in total. The fraction of sp³-hybridized carbons (Fsp3) is 0.667. The lowest BCUT2D eigenvalue weighted by Gasteiger charge is -2.21. The Labute approximate surface area is 157 Å². The highest BCUT2D eigenvalue weighted by atomic mass is 16.5. The molecule has 2 aliphatic rings. The largest absolute Gasteiger partial charge is 0.481 e. The molecular weight excluding hydrogens is 354 g/mol. The molecule has 1 atom stereocenters. The van der Waals surface area contributed by atoms with Gasteiger partial charge in [-0.05, 0) is 31.2 Å². The van der Waals surface area contributed by atoms with Crippen molar-refractivity contribution in [3.63, 3.8) is 0 Å². The third kappa shape index (κ3) is 6.35. The summed E-state index contributed by atoms with van der Waals surface area (Å²) in [6, 6.07) is 0. The third-order valence-corrected chi connectivity index (χ3v) is 4.68. The average Bonchev–Trinajstić information content (AvgIpc) is 2.86. The maximum absolute atomic E-state index is 12.4. The molecule has 1 amide bonds. The van der Waals surface area contributed by atoms with Gasteiger partial charge in [0.2, 0.25) is 5.91 Å². The van der Waals surface area contributed by atoms with Gasteiger partial charge in [0.1, 0.15) is 0 Å². The van der Waals surface area contributed by atoms with E-state index in [1.807, 2.05) is 0 Å². The van der Waals surface area contributed by atoms with Crippen molar-refractivity contribution >= 4 is 17.8 Å². The van der Waals surface area contributed by atoms with E-state index in [1.165, 1.54) is 24.1 Å². The Kier molecular flexibility index (Phi) is 7.78. The van der Waals surface area contributed by atoms with E-state index in [1.54, 1.807) is 4.90 Å². The first-order valence-corrected chi connectivity index (χ1v) is 9.21. The molecule has 1 aromatic heterocycles. The number of carboxylic acids is 2. The van der Waals surface area contributed by atoms with E-state index >= 15 is 0 Å². The minimum Gasteiger partial charge on any atom is -0.481 e. The van der Waals surface area contributed by atoms with Gasteiger partial charge in [-0.1, -0.05) is 0 Å². The summed E-state index contributed by atoms with van der Waals surface area (Å²) in [6.45, 7) is 2.34. The van der Waals surface area contributed by atoms with Gasteiger partial charge in [0.05, 0.1) is 24.8 Å². The van der Waals surface area contributed by atoms with Crippen LogP contribution >= 0.6 is 0 Å². The SMILES string of the molecule is CC(=O)O.O=C(O)C1COCCN(C(=O)CCc2n[nH]c3c2CCCC3)C1. The lowest BCUT2D eigenvalue weighted by molar-refractivity contribution is -0.144. The number of aliphatic carboxylic acids is 2. The van der Waals surface area contributed by atoms with Gasteiger partial charge in [-0.15, -0.1) is 0 Å². The Morgan fingerprint density at radius 3 is 2.67 bits per heavy atom. The first kappa shape index (κ1) is 20.9. The quantitative estimate of drug-likeness (QED) is 0.705. The van der Waals surface area contributed by atoms with Gasteiger partial charge >= 0.3 is 5.97 Å². The number of amides is 1. The highest BCUT2D eigenvalue weighted by molar-refractivity contribution is 5.78. The predicted molar refractivity (Wildman–Crippen MR) is 95.4 cm³/mol. The van der Waals surface area contributed by atoms with E-state index in [4.69, 9.17) is 19.7 Å². The fourth-order valence-corrected chi connectivity index (χ4v) is 3.33. The zero-order valence-corrected chi connectivity index (χ0v) is 15.6. The Morgan fingerprint density at radius 1 is 1.26 bits per heavy atom. The summed E-state index contributed by atoms with van der Waals surface area (Å²) in [7, 11) is 0. The van der Waals surface area contributed by atoms with Crippen molar-refractivity contribution < 1.29 is 29.3 Å². The zero-order chi connectivity index (χ0) is 19.8. The number of nitrogens with one attached hydrogen (secondary N) is 1. The topological polar surface area (TPSA) is 133 Å². The molecule has 1 aromatic rings. The Bertz CT molecular complexity index is 668. The Balaban J connectivity index is 0.000000596. The molecule has 0 radical (unpaired) electrons. The lowest BCUT2D eigenvalue weighted by atomic mass is 9.94. The van der Waals surface area contributed by atoms with Gasteiger partial charge in [-0.2, -0.15) is 5.10 Å². The number of H-pyrrole nitrogens is 1. The fourth-order valence-electron chi connectivity index (χ4n) is 3.33. The van der Waals surface area contributed by atoms with Crippen molar-refractivity contribution in [3.05, 3.63) is 17.0 Å². The minimum atomic E-state index is -0.911. The van der Waals surface area contributed by atoms with Crippen molar-refractivity contribution in [2.24, 2.45) is 5.92 Å². The van der Waals surface area contributed by atoms with E-state index < -0.39 is 17.9 Å². The van der Waals surface area contributed by atoms with Crippen LogP contribution in [0.4, 0.5) is 0 Å². The number of carboxylic acid groups (broad SMARTS) is 2. The van der Waals surface area contributed by atoms with Gasteiger partial charge in [0, 0.05) is 38.5 Å². The molecule has 2 heterocycles. The van der Waals surface area contributed by atoms with Gasteiger partial charge in [0.15, 0.2) is 0 Å². The molecule has 1 unspecified atom stereocenters. The molecule has 1 aliphatic heterocycles. The van der Waals surface area contributed by atoms with Crippen LogP contribution in [0.1, 0.15) is 43.1 Å². The molecule has 9 nitrogen and oxygen atoms in total. The van der Waals surface area contributed by atoms with Crippen LogP contribution in [0.2, 0.25) is 0 Å². The average molecular weight is 381 g/mol. The Hall–Kier alpha value is -2.42. The molecule has 1 fully saturated rings. The van der Waals surface area contributed by atoms with Crippen molar-refractivity contribution in [3.8, 4) is 0 Å². The second kappa shape index (κ2) is 10.1. The molecule has 0 saturated carbocycles. The standard InChI is InChI=1S/C16H23N3O4.C2H4O2/c20-15(19-7-8-23-10-11(9-19)16(21)22)6-5-14-12-3-1-2-4-13(12)17-18-14;1-2(3)4/h11H,1-10H2,(H,17,18)(H,21,22);1H3,(H,3,4). The predicted octanol–water partition coefficient (Wildman–Crippen LogP) is 0.872. The summed E-state index contributed by atoms with van der Waals surface area (Å²) in [4.78, 5) is 34.2. The second-order valence-corrected chi connectivity index (χ2v) is 6.80. The molecule has 0 aromatic carbocycles. The molecule has 150 valence electrons. The summed E-state index contributed by atoms with van der Waals surface area (Å²) in [5.41, 5.74) is 3.49. The molecule has 1 aliphatic carbocycles. The monoisotopic (exact) mass is 381 g/mol. The summed E-state index contributed by atoms with van der Waals surface area (Å²) in [5.74, 6) is -2.40. The van der Waals surface area contributed by atoms with Crippen molar-refractivity contribution in [2.45, 2.75) is 45.4 Å². The molecular formula is C18H27N3O6. The number of carbonyl (C=O) groups excluding carboxylic acids is 1. The smallest absolute Gasteiger partial charge is 0.310 e. The molecule has 1 saturated heterocycles. The number of aromatic nitrogens is 2. The van der Waals surface area contributed by atoms with Crippen LogP contribution in [0.15, 0.2) is 0 Å². The van der Waals surface area contributed by atoms with Crippen LogP contribution in [0.25, 0.3) is 0 Å². The third-order valence-electron chi connectivity index (χ3n) is 4.68. The van der Waals surface area contributed by atoms with Gasteiger partial charge in [0.25, 0.3) is 5.97 Å². The van der Waals surface area contributed by atoms with Gasteiger partial charge in [-0.3, -0.25) is 19.5 Å². The Morgan fingerprint density at radius 2 is 1.96 bits per heavy atom. The maximum atomic E-state index is 12.4. The van der Waals surface area contributed by atoms with Crippen LogP contribution in [-0.4, -0.2) is 69.5 Å². The molecule has 0 bridgehead atoms. The van der Waals surface area contributed by atoms with Gasteiger partial charge < -0.3 is 19.8 Å². The maximum Gasteiger partial charge on any atom is 0.310 e. The van der Waals surface area contributed by atoms with Crippen molar-refractivity contribution in [1.82, 2.24) is 15.1 Å². The van der Waals surface area contributed by atoms with E-state index in [2.05, 4.69) is 10.2 Å². The molecule has 27 heavy (non-hydrogen) atoms. The van der Waals surface area contributed by atoms with E-state index in [0.717, 1.165) is 25.5 Å². The van der Waals surface area contributed by atoms with Crippen LogP contribution < -0.4 is 0 Å². The van der Waals surface area contributed by atoms with Crippen LogP contribution in [0, 0.1) is 5.92 Å². The number of aromatic amines is 1. The normalized spacial score (nSPS) is 19.3. The van der Waals surface area contributed by atoms with E-state index in [-0.39, 0.29) is 19.1 Å². The first-order chi connectivity index (χ1) is 12.9. The number of hydrogen-bond donors (Lipinski definition) is 3. The summed E-state index contributed by atoms with van der Waals surface area (Å²) in [6.07, 6.45) is 5.42. The highest BCUT2D eigenvalue weighted by Crippen LogP contribution is 2.23. The minimum absolute atomic E-state index is 0.0192. The molecule has 0 spiro atoms. The second-order valence-electron chi connectivity index (χ2n) is 6.80. The summed E-state index contributed by atoms with van der Waals surface area (Å²) in [5, 5.41) is 24.0. The van der Waals surface area contributed by atoms with Crippen molar-refractivity contribution in [2.75, 3.05) is 26.3 Å². The van der Waals surface area contributed by atoms with Gasteiger partial charge in [-0.25, -0.2) is 0 Å². The van der Waals surface area contributed by atoms with E-state index in [0.29, 0.717) is 26.0 Å². The molecule has 3 rings (SSSR count). The summed E-state index contributed by atoms with van der Waals surface area (Å²) >= 11 is 0. The van der Waals surface area contributed by atoms with Crippen LogP contribution in [0.5, 0.6) is 0 Å².